The van der Waals surface area contributed by atoms with Crippen molar-refractivity contribution >= 4 is 51.9 Å². The normalized spacial score (nSPS) is 23.1. The number of aromatic hydroxyl groups is 1. The van der Waals surface area contributed by atoms with Gasteiger partial charge in [0, 0.05) is 86.4 Å². The number of methoxy groups -OCH3 is 1. The molecule has 1 aliphatic carbocycles. The summed E-state index contributed by atoms with van der Waals surface area (Å²) in [4.78, 5) is 78.7. The Hall–Kier alpha value is -5.53. The number of cyclic esters (lactones) is 1. The molecule has 4 amide bonds. The molecule has 5 heterocycles. The number of carbonyl (C=O) groups excluding carboxylic acids is 5. The standard InChI is InChI=1S/C55H74N8O9S/c1-12-61-44-18-17-35-26-39(44)40(48(61)41-28-56-20-19-36(41)30-71-11)27-55(7,8)31-72-53(69)42-14-13-21-62(58-42)51(67)43(24-33-22-37(35)25-38(64)23-33)57-50(66)46(32(2)3)60(10)45(65)29-59(9)52(68)49-47(34-15-16-34)63(49)73(70)54(4,5)6/h17-20,22-23,25-26,28,32,34,42-43,46-47,49,58,64H,12-16,21,24,27,29-31H2,1-11H3,(H,57,66)/t42-,43-,46-,47+,49+,63?,73?/m0/s1. The minimum absolute atomic E-state index is 0.0300. The number of esters is 1. The van der Waals surface area contributed by atoms with Crippen molar-refractivity contribution in [1.29, 1.82) is 0 Å². The third-order valence-corrected chi connectivity index (χ3v) is 16.5. The highest BCUT2D eigenvalue weighted by Gasteiger charge is 2.67. The van der Waals surface area contributed by atoms with E-state index in [0.29, 0.717) is 49.5 Å². The van der Waals surface area contributed by atoms with Gasteiger partial charge in [-0.1, -0.05) is 39.8 Å². The number of likely N-dealkylation sites (N-methyl/N-ethyl adjacent to an activating group) is 2. The number of ether oxygens (including phenoxy) is 2. The largest absolute Gasteiger partial charge is 0.597 e. The van der Waals surface area contributed by atoms with E-state index in [-0.39, 0.29) is 43.8 Å². The highest BCUT2D eigenvalue weighted by molar-refractivity contribution is 7.90. The number of carbonyl (C=O) groups is 5. The third-order valence-electron chi connectivity index (χ3n) is 14.6. The highest BCUT2D eigenvalue weighted by atomic mass is 32.2. The van der Waals surface area contributed by atoms with Crippen molar-refractivity contribution in [3.05, 3.63) is 71.5 Å². The van der Waals surface area contributed by atoms with Crippen LogP contribution in [0.25, 0.3) is 33.3 Å². The molecule has 4 aromatic rings. The van der Waals surface area contributed by atoms with E-state index >= 15 is 0 Å². The van der Waals surface area contributed by atoms with E-state index in [1.807, 2.05) is 45.2 Å². The Morgan fingerprint density at radius 3 is 2.48 bits per heavy atom. The van der Waals surface area contributed by atoms with Crippen LogP contribution in [0.4, 0.5) is 0 Å². The number of phenols is 1. The molecule has 3 aliphatic heterocycles. The summed E-state index contributed by atoms with van der Waals surface area (Å²) in [6, 6.07) is 9.52. The molecular weight excluding hydrogens is 949 g/mol. The lowest BCUT2D eigenvalue weighted by atomic mass is 9.84. The molecule has 17 nitrogen and oxygen atoms in total. The predicted octanol–water partition coefficient (Wildman–Crippen LogP) is 5.76. The van der Waals surface area contributed by atoms with Gasteiger partial charge < -0.3 is 38.8 Å². The third kappa shape index (κ3) is 11.4. The number of hydrogen-bond donors (Lipinski definition) is 3. The van der Waals surface area contributed by atoms with Gasteiger partial charge in [-0.2, -0.15) is 0 Å². The average molecular weight is 1020 g/mol. The monoisotopic (exact) mass is 1020 g/mol. The second kappa shape index (κ2) is 21.4. The van der Waals surface area contributed by atoms with Crippen molar-refractivity contribution in [3.8, 4) is 28.1 Å². The molecule has 8 rings (SSSR count). The van der Waals surface area contributed by atoms with E-state index in [0.717, 1.165) is 51.7 Å². The lowest BCUT2D eigenvalue weighted by molar-refractivity contribution is -0.155. The van der Waals surface area contributed by atoms with Gasteiger partial charge in [-0.05, 0) is 130 Å². The summed E-state index contributed by atoms with van der Waals surface area (Å²) in [6.07, 6.45) is 6.96. The number of rotatable bonds is 13. The maximum atomic E-state index is 14.8. The van der Waals surface area contributed by atoms with Crippen LogP contribution in [0.5, 0.6) is 5.75 Å². The summed E-state index contributed by atoms with van der Waals surface area (Å²) in [5.41, 5.74) is 9.60. The number of aromatic nitrogens is 2. The molecule has 73 heavy (non-hydrogen) atoms. The number of amides is 4. The zero-order chi connectivity index (χ0) is 52.8. The number of phenolic OH excluding ortho intramolecular Hbond substituents is 1. The number of hydrogen-bond acceptors (Lipinski definition) is 12. The fourth-order valence-corrected chi connectivity index (χ4v) is 12.3. The van der Waals surface area contributed by atoms with Crippen LogP contribution in [-0.2, 0) is 70.8 Å². The van der Waals surface area contributed by atoms with Crippen LogP contribution in [0, 0.1) is 17.3 Å². The van der Waals surface area contributed by atoms with Gasteiger partial charge in [-0.3, -0.25) is 34.0 Å². The topological polar surface area (TPSA) is 202 Å². The fourth-order valence-electron chi connectivity index (χ4n) is 10.8. The van der Waals surface area contributed by atoms with Crippen molar-refractivity contribution in [1.82, 2.24) is 39.4 Å². The Kier molecular flexibility index (Phi) is 15.7. The fraction of sp³-hybridized carbons (Fsp3) is 0.564. The van der Waals surface area contributed by atoms with E-state index in [1.54, 1.807) is 50.6 Å². The van der Waals surface area contributed by atoms with Gasteiger partial charge in [0.15, 0.2) is 6.04 Å². The van der Waals surface area contributed by atoms with Crippen LogP contribution < -0.4 is 10.7 Å². The number of aryl methyl sites for hydroxylation is 1. The molecule has 1 saturated carbocycles. The molecule has 394 valence electrons. The summed E-state index contributed by atoms with van der Waals surface area (Å²) >= 11 is -1.40. The molecule has 6 bridgehead atoms. The molecule has 0 radical (unpaired) electrons. The Morgan fingerprint density at radius 1 is 1.07 bits per heavy atom. The molecule has 2 aromatic heterocycles. The summed E-state index contributed by atoms with van der Waals surface area (Å²) in [5.74, 6) is -2.52. The molecule has 2 saturated heterocycles. The number of nitrogens with zero attached hydrogens (tertiary/aromatic N) is 6. The van der Waals surface area contributed by atoms with Crippen LogP contribution in [-0.4, -0.2) is 144 Å². The van der Waals surface area contributed by atoms with Crippen LogP contribution >= 0.6 is 0 Å². The Balaban J connectivity index is 1.12. The van der Waals surface area contributed by atoms with E-state index < -0.39 is 75.3 Å². The zero-order valence-electron chi connectivity index (χ0n) is 44.3. The van der Waals surface area contributed by atoms with Gasteiger partial charge in [-0.25, -0.2) is 5.43 Å². The first-order valence-electron chi connectivity index (χ1n) is 25.7. The van der Waals surface area contributed by atoms with E-state index in [9.17, 15) is 33.6 Å². The zero-order valence-corrected chi connectivity index (χ0v) is 45.1. The quantitative estimate of drug-likeness (QED) is 0.0833. The lowest BCUT2D eigenvalue weighted by Crippen LogP contribution is -2.62. The Bertz CT molecular complexity index is 2750. The minimum atomic E-state index is -1.40. The van der Waals surface area contributed by atoms with Gasteiger partial charge in [-0.15, -0.1) is 4.31 Å². The van der Waals surface area contributed by atoms with Gasteiger partial charge in [0.2, 0.25) is 17.7 Å². The van der Waals surface area contributed by atoms with E-state index in [1.165, 1.54) is 21.9 Å². The molecule has 7 atom stereocenters. The molecule has 0 spiro atoms. The second-order valence-corrected chi connectivity index (χ2v) is 24.7. The number of hydrazine groups is 1. The van der Waals surface area contributed by atoms with Crippen LogP contribution in [0.2, 0.25) is 0 Å². The molecule has 18 heteroatoms. The van der Waals surface area contributed by atoms with Gasteiger partial charge in [0.05, 0.1) is 31.5 Å². The van der Waals surface area contributed by atoms with Crippen LogP contribution in [0.1, 0.15) is 97.8 Å². The molecule has 3 fully saturated rings. The number of fused-ring (bicyclic) bond motifs is 6. The Labute approximate surface area is 432 Å². The van der Waals surface area contributed by atoms with Crippen LogP contribution in [0.3, 0.4) is 0 Å². The van der Waals surface area contributed by atoms with Gasteiger partial charge in [0.1, 0.15) is 28.6 Å². The van der Waals surface area contributed by atoms with Crippen molar-refractivity contribution in [2.24, 2.45) is 17.3 Å². The van der Waals surface area contributed by atoms with E-state index in [2.05, 4.69) is 53.2 Å². The first-order chi connectivity index (χ1) is 34.5. The predicted molar refractivity (Wildman–Crippen MR) is 280 cm³/mol. The van der Waals surface area contributed by atoms with Crippen molar-refractivity contribution in [3.63, 3.8) is 0 Å². The lowest BCUT2D eigenvalue weighted by Gasteiger charge is -2.37. The maximum absolute atomic E-state index is 14.8. The molecular formula is C55H74N8O9S. The van der Waals surface area contributed by atoms with Crippen molar-refractivity contribution < 1.29 is 43.1 Å². The molecule has 3 N–H and O–H groups in total. The minimum Gasteiger partial charge on any atom is -0.597 e. The SMILES string of the molecule is CCn1c(-c2cnccc2COC)c2c3cc(ccc31)-c1cc(O)cc(c1)C[C@H](NC(=O)[C@H](C(C)C)N(C)C(=O)CN(C)C(=O)[C@H]1[C@@H](C3CC3)N1[S+]([O-])C(C)(C)C)C(=O)N1CCC[C@H](N1)C(=O)OCC(C)(C)C2. The number of benzene rings is 2. The average Bonchev–Trinajstić information content (AvgIpc) is 4.28. The molecule has 2 aromatic carbocycles. The van der Waals surface area contributed by atoms with Gasteiger partial charge in [0.25, 0.3) is 5.91 Å². The summed E-state index contributed by atoms with van der Waals surface area (Å²) in [6.45, 7) is 16.5. The summed E-state index contributed by atoms with van der Waals surface area (Å²) < 4.78 is 28.7. The molecule has 2 unspecified atom stereocenters. The maximum Gasteiger partial charge on any atom is 0.324 e. The summed E-state index contributed by atoms with van der Waals surface area (Å²) in [7, 11) is 4.74. The first-order valence-corrected chi connectivity index (χ1v) is 26.8. The number of nitrogens with one attached hydrogen (secondary N) is 2. The smallest absolute Gasteiger partial charge is 0.324 e. The van der Waals surface area contributed by atoms with Crippen LogP contribution in [0.15, 0.2) is 54.9 Å². The highest BCUT2D eigenvalue weighted by Crippen LogP contribution is 2.51. The first kappa shape index (κ1) is 53.8. The van der Waals surface area contributed by atoms with Gasteiger partial charge >= 0.3 is 5.97 Å². The van der Waals surface area contributed by atoms with E-state index in [4.69, 9.17) is 9.47 Å². The second-order valence-electron chi connectivity index (χ2n) is 22.6. The van der Waals surface area contributed by atoms with Crippen molar-refractivity contribution in [2.75, 3.05) is 40.9 Å². The van der Waals surface area contributed by atoms with Crippen molar-refractivity contribution in [2.45, 2.75) is 142 Å². The Morgan fingerprint density at radius 2 is 1.81 bits per heavy atom. The molecule has 4 aliphatic rings. The summed E-state index contributed by atoms with van der Waals surface area (Å²) in [5, 5.41) is 16.7. The number of pyridine rings is 1.